The quantitative estimate of drug-likeness (QED) is 0.686. The van der Waals surface area contributed by atoms with Gasteiger partial charge in [-0.05, 0) is 35.7 Å². The summed E-state index contributed by atoms with van der Waals surface area (Å²) in [6.45, 7) is 0.351. The van der Waals surface area contributed by atoms with Crippen molar-refractivity contribution >= 4 is 22.9 Å². The molecule has 0 spiro atoms. The molecule has 0 radical (unpaired) electrons. The third kappa shape index (κ3) is 4.68. The van der Waals surface area contributed by atoms with E-state index in [0.29, 0.717) is 6.54 Å². The van der Waals surface area contributed by atoms with E-state index < -0.39 is 0 Å². The predicted octanol–water partition coefficient (Wildman–Crippen LogP) is 3.05. The van der Waals surface area contributed by atoms with Gasteiger partial charge in [0.05, 0.1) is 12.0 Å². The summed E-state index contributed by atoms with van der Waals surface area (Å²) in [5, 5.41) is 7.06. The number of nitrogens with two attached hydrogens (primary N) is 1. The van der Waals surface area contributed by atoms with Crippen LogP contribution in [-0.4, -0.2) is 19.6 Å². The lowest BCUT2D eigenvalue weighted by molar-refractivity contribution is -0.675. The molecule has 4 nitrogen and oxygen atoms in total. The number of rotatable bonds is 7. The summed E-state index contributed by atoms with van der Waals surface area (Å²) in [4.78, 5) is 13.5. The summed E-state index contributed by atoms with van der Waals surface area (Å²) in [6, 6.07) is 21.9. The number of thiophene rings is 1. The van der Waals surface area contributed by atoms with Crippen LogP contribution in [0.25, 0.3) is 0 Å². The van der Waals surface area contributed by atoms with Gasteiger partial charge in [0.1, 0.15) is 11.8 Å². The van der Waals surface area contributed by atoms with Gasteiger partial charge in [0.15, 0.2) is 6.54 Å². The van der Waals surface area contributed by atoms with Crippen molar-refractivity contribution in [2.45, 2.75) is 6.04 Å². The largest absolute Gasteiger partial charge is 0.497 e. The van der Waals surface area contributed by atoms with E-state index in [4.69, 9.17) is 4.74 Å². The molecule has 0 saturated carbocycles. The SMILES string of the molecule is COc1ccc(NC(=O)C[NH2+][C@@H](c2ccccc2)c2cccs2)cc1. The van der Waals surface area contributed by atoms with Crippen LogP contribution in [0.5, 0.6) is 5.75 Å². The summed E-state index contributed by atoms with van der Waals surface area (Å²) in [5.41, 5.74) is 1.97. The van der Waals surface area contributed by atoms with Crippen molar-refractivity contribution in [1.82, 2.24) is 0 Å². The van der Waals surface area contributed by atoms with Crippen LogP contribution in [0.3, 0.4) is 0 Å². The van der Waals surface area contributed by atoms with E-state index in [2.05, 4.69) is 34.2 Å². The molecular formula is C20H21N2O2S+. The Bertz CT molecular complexity index is 786. The van der Waals surface area contributed by atoms with E-state index in [1.165, 1.54) is 10.4 Å². The Kier molecular flexibility index (Phi) is 5.82. The van der Waals surface area contributed by atoms with Crippen molar-refractivity contribution in [3.63, 3.8) is 0 Å². The number of anilines is 1. The van der Waals surface area contributed by atoms with E-state index in [9.17, 15) is 4.79 Å². The third-order valence-electron chi connectivity index (χ3n) is 3.92. The van der Waals surface area contributed by atoms with Crippen LogP contribution in [0.15, 0.2) is 72.1 Å². The van der Waals surface area contributed by atoms with Crippen molar-refractivity contribution in [1.29, 1.82) is 0 Å². The number of nitrogens with one attached hydrogen (secondary N) is 1. The van der Waals surface area contributed by atoms with E-state index in [1.54, 1.807) is 18.4 Å². The Morgan fingerprint density at radius 2 is 1.84 bits per heavy atom. The Hall–Kier alpha value is -2.63. The van der Waals surface area contributed by atoms with E-state index in [1.807, 2.05) is 48.5 Å². The maximum atomic E-state index is 12.3. The van der Waals surface area contributed by atoms with Gasteiger partial charge >= 0.3 is 0 Å². The van der Waals surface area contributed by atoms with Crippen molar-refractivity contribution in [2.24, 2.45) is 0 Å². The first-order valence-corrected chi connectivity index (χ1v) is 9.00. The summed E-state index contributed by atoms with van der Waals surface area (Å²) < 4.78 is 5.13. The lowest BCUT2D eigenvalue weighted by atomic mass is 10.1. The van der Waals surface area contributed by atoms with E-state index >= 15 is 0 Å². The zero-order valence-corrected chi connectivity index (χ0v) is 14.8. The molecule has 1 amide bonds. The molecule has 0 aliphatic carbocycles. The molecule has 0 fully saturated rings. The highest BCUT2D eigenvalue weighted by molar-refractivity contribution is 7.10. The highest BCUT2D eigenvalue weighted by Crippen LogP contribution is 2.22. The van der Waals surface area contributed by atoms with Crippen LogP contribution in [0.4, 0.5) is 5.69 Å². The zero-order chi connectivity index (χ0) is 17.5. The van der Waals surface area contributed by atoms with Gasteiger partial charge in [0, 0.05) is 11.3 Å². The first-order valence-electron chi connectivity index (χ1n) is 8.12. The molecule has 0 unspecified atom stereocenters. The summed E-state index contributed by atoms with van der Waals surface area (Å²) >= 11 is 1.71. The minimum Gasteiger partial charge on any atom is -0.497 e. The van der Waals surface area contributed by atoms with Gasteiger partial charge in [0.2, 0.25) is 0 Å². The van der Waals surface area contributed by atoms with E-state index in [0.717, 1.165) is 11.4 Å². The number of benzene rings is 2. The second-order valence-electron chi connectivity index (χ2n) is 5.62. The summed E-state index contributed by atoms with van der Waals surface area (Å²) in [7, 11) is 1.62. The van der Waals surface area contributed by atoms with Gasteiger partial charge in [0.25, 0.3) is 5.91 Å². The molecule has 2 aromatic carbocycles. The number of amides is 1. The number of hydrogen-bond donors (Lipinski definition) is 2. The van der Waals surface area contributed by atoms with Crippen molar-refractivity contribution in [3.05, 3.63) is 82.6 Å². The fraction of sp³-hybridized carbons (Fsp3) is 0.150. The van der Waals surface area contributed by atoms with Crippen LogP contribution in [-0.2, 0) is 4.79 Å². The first-order chi connectivity index (χ1) is 12.3. The smallest absolute Gasteiger partial charge is 0.279 e. The number of carbonyl (C=O) groups excluding carboxylic acids is 1. The Morgan fingerprint density at radius 1 is 1.08 bits per heavy atom. The number of methoxy groups -OCH3 is 1. The summed E-state index contributed by atoms with van der Waals surface area (Å²) in [5.74, 6) is 0.744. The number of carbonyl (C=O) groups is 1. The van der Waals surface area contributed by atoms with Gasteiger partial charge in [-0.3, -0.25) is 4.79 Å². The van der Waals surface area contributed by atoms with Crippen molar-refractivity contribution in [3.8, 4) is 5.75 Å². The molecule has 0 aliphatic rings. The molecule has 25 heavy (non-hydrogen) atoms. The van der Waals surface area contributed by atoms with Gasteiger partial charge < -0.3 is 15.4 Å². The Balaban J connectivity index is 1.63. The van der Waals surface area contributed by atoms with Gasteiger partial charge in [-0.15, -0.1) is 11.3 Å². The third-order valence-corrected chi connectivity index (χ3v) is 4.88. The fourth-order valence-corrected chi connectivity index (χ4v) is 3.51. The summed E-state index contributed by atoms with van der Waals surface area (Å²) in [6.07, 6.45) is 0. The van der Waals surface area contributed by atoms with E-state index in [-0.39, 0.29) is 11.9 Å². The zero-order valence-electron chi connectivity index (χ0n) is 14.0. The van der Waals surface area contributed by atoms with Crippen LogP contribution < -0.4 is 15.4 Å². The normalized spacial score (nSPS) is 11.7. The molecule has 3 aromatic rings. The average molecular weight is 353 g/mol. The first kappa shape index (κ1) is 17.2. The topological polar surface area (TPSA) is 54.9 Å². The van der Waals surface area contributed by atoms with Crippen LogP contribution in [0.2, 0.25) is 0 Å². The number of ether oxygens (including phenoxy) is 1. The number of quaternary nitrogens is 1. The molecule has 1 heterocycles. The fourth-order valence-electron chi connectivity index (χ4n) is 2.66. The highest BCUT2D eigenvalue weighted by atomic mass is 32.1. The molecule has 5 heteroatoms. The molecule has 3 N–H and O–H groups in total. The maximum absolute atomic E-state index is 12.3. The van der Waals surface area contributed by atoms with Crippen LogP contribution in [0, 0.1) is 0 Å². The van der Waals surface area contributed by atoms with Crippen LogP contribution >= 0.6 is 11.3 Å². The predicted molar refractivity (Wildman–Crippen MR) is 101 cm³/mol. The molecular weight excluding hydrogens is 332 g/mol. The Morgan fingerprint density at radius 3 is 2.48 bits per heavy atom. The highest BCUT2D eigenvalue weighted by Gasteiger charge is 2.19. The van der Waals surface area contributed by atoms with Crippen molar-refractivity contribution < 1.29 is 14.8 Å². The maximum Gasteiger partial charge on any atom is 0.279 e. The van der Waals surface area contributed by atoms with Crippen LogP contribution in [0.1, 0.15) is 16.5 Å². The second kappa shape index (κ2) is 8.46. The molecule has 0 aliphatic heterocycles. The molecule has 0 bridgehead atoms. The standard InChI is InChI=1S/C20H20N2O2S/c1-24-17-11-9-16(10-12-17)22-19(23)14-21-20(18-8-5-13-25-18)15-6-3-2-4-7-15/h2-13,20-21H,14H2,1H3,(H,22,23)/p+1/t20-/m0/s1. The Labute approximate surface area is 151 Å². The van der Waals surface area contributed by atoms with Gasteiger partial charge in [-0.25, -0.2) is 0 Å². The average Bonchev–Trinajstić information content (AvgIpc) is 3.18. The number of hydrogen-bond acceptors (Lipinski definition) is 3. The molecule has 3 rings (SSSR count). The molecule has 128 valence electrons. The van der Waals surface area contributed by atoms with Crippen molar-refractivity contribution in [2.75, 3.05) is 19.0 Å². The van der Waals surface area contributed by atoms with Gasteiger partial charge in [-0.2, -0.15) is 0 Å². The van der Waals surface area contributed by atoms with Gasteiger partial charge in [-0.1, -0.05) is 36.4 Å². The monoisotopic (exact) mass is 353 g/mol. The second-order valence-corrected chi connectivity index (χ2v) is 6.60. The molecule has 1 atom stereocenters. The minimum absolute atomic E-state index is 0.0253. The molecule has 1 aromatic heterocycles. The lowest BCUT2D eigenvalue weighted by Gasteiger charge is -2.14. The minimum atomic E-state index is -0.0253. The molecule has 0 saturated heterocycles. The lowest BCUT2D eigenvalue weighted by Crippen LogP contribution is -2.87.